The molecule has 2 rings (SSSR count). The van der Waals surface area contributed by atoms with E-state index in [0.29, 0.717) is 0 Å². The number of rotatable bonds is 6. The van der Waals surface area contributed by atoms with E-state index in [-0.39, 0.29) is 21.4 Å². The summed E-state index contributed by atoms with van der Waals surface area (Å²) in [6.45, 7) is 1.33. The Morgan fingerprint density at radius 1 is 1.14 bits per heavy atom. The predicted molar refractivity (Wildman–Crippen MR) is 105 cm³/mol. The van der Waals surface area contributed by atoms with Crippen molar-refractivity contribution in [1.29, 1.82) is 0 Å². The Morgan fingerprint density at radius 2 is 1.72 bits per heavy atom. The Labute approximate surface area is 175 Å². The molecule has 0 spiro atoms. The zero-order chi connectivity index (χ0) is 22.0. The van der Waals surface area contributed by atoms with Gasteiger partial charge in [-0.2, -0.15) is 0 Å². The van der Waals surface area contributed by atoms with Crippen LogP contribution in [0.3, 0.4) is 0 Å². The molecule has 0 aliphatic rings. The first-order chi connectivity index (χ1) is 13.3. The Balaban J connectivity index is 2.25. The molecule has 29 heavy (non-hydrogen) atoms. The van der Waals surface area contributed by atoms with E-state index < -0.39 is 34.1 Å². The minimum Gasteiger partial charge on any atom is -0.406 e. The van der Waals surface area contributed by atoms with Crippen LogP contribution in [0.1, 0.15) is 6.92 Å². The van der Waals surface area contributed by atoms with Crippen LogP contribution in [0.4, 0.5) is 24.5 Å². The van der Waals surface area contributed by atoms with Crippen molar-refractivity contribution in [3.05, 3.63) is 52.5 Å². The number of nitrogens with one attached hydrogen (secondary N) is 1. The Morgan fingerprint density at radius 3 is 2.24 bits per heavy atom. The SMILES string of the molecule is C[C@H](C(=O)Nc1ccc(OC(F)(F)F)cc1)N(c1cc(Cl)ccc1Cl)S(C)(=O)=O. The second-order valence-corrected chi connectivity index (χ2v) is 8.60. The second-order valence-electron chi connectivity index (χ2n) is 5.89. The summed E-state index contributed by atoms with van der Waals surface area (Å²) in [6, 6.07) is 7.30. The number of sulfonamides is 1. The minimum absolute atomic E-state index is 0.0123. The van der Waals surface area contributed by atoms with Crippen LogP contribution in [0.25, 0.3) is 0 Å². The van der Waals surface area contributed by atoms with E-state index in [1.165, 1.54) is 37.3 Å². The summed E-state index contributed by atoms with van der Waals surface area (Å²) >= 11 is 12.0. The fraction of sp³-hybridized carbons (Fsp3) is 0.235. The highest BCUT2D eigenvalue weighted by atomic mass is 35.5. The van der Waals surface area contributed by atoms with Crippen molar-refractivity contribution < 1.29 is 31.1 Å². The maximum absolute atomic E-state index is 12.6. The molecule has 6 nitrogen and oxygen atoms in total. The summed E-state index contributed by atoms with van der Waals surface area (Å²) in [5.41, 5.74) is 0.153. The van der Waals surface area contributed by atoms with Gasteiger partial charge < -0.3 is 10.1 Å². The maximum Gasteiger partial charge on any atom is 0.573 e. The van der Waals surface area contributed by atoms with Crippen LogP contribution in [0.15, 0.2) is 42.5 Å². The molecule has 1 amide bonds. The van der Waals surface area contributed by atoms with E-state index in [2.05, 4.69) is 10.1 Å². The highest BCUT2D eigenvalue weighted by Gasteiger charge is 2.32. The molecule has 0 aliphatic heterocycles. The summed E-state index contributed by atoms with van der Waals surface area (Å²) in [7, 11) is -3.94. The fourth-order valence-corrected chi connectivity index (χ4v) is 4.03. The average molecular weight is 471 g/mol. The number of alkyl halides is 3. The van der Waals surface area contributed by atoms with E-state index in [4.69, 9.17) is 23.2 Å². The lowest BCUT2D eigenvalue weighted by molar-refractivity contribution is -0.274. The zero-order valence-corrected chi connectivity index (χ0v) is 17.3. The summed E-state index contributed by atoms with van der Waals surface area (Å²) < 4.78 is 65.8. The summed E-state index contributed by atoms with van der Waals surface area (Å²) in [4.78, 5) is 12.6. The lowest BCUT2D eigenvalue weighted by Crippen LogP contribution is -2.45. The Bertz CT molecular complexity index is 999. The van der Waals surface area contributed by atoms with Gasteiger partial charge in [-0.25, -0.2) is 8.42 Å². The van der Waals surface area contributed by atoms with Crippen LogP contribution in [-0.2, 0) is 14.8 Å². The molecule has 12 heteroatoms. The normalized spacial score (nSPS) is 12.9. The molecule has 158 valence electrons. The number of halogens is 5. The number of amides is 1. The van der Waals surface area contributed by atoms with Gasteiger partial charge in [0.25, 0.3) is 0 Å². The first kappa shape index (κ1) is 23.1. The Hall–Kier alpha value is -2.17. The van der Waals surface area contributed by atoms with Gasteiger partial charge in [-0.3, -0.25) is 9.10 Å². The van der Waals surface area contributed by atoms with Gasteiger partial charge in [-0.15, -0.1) is 13.2 Å². The van der Waals surface area contributed by atoms with Gasteiger partial charge in [0, 0.05) is 10.7 Å². The van der Waals surface area contributed by atoms with Crippen molar-refractivity contribution >= 4 is 50.5 Å². The van der Waals surface area contributed by atoms with Crippen molar-refractivity contribution in [1.82, 2.24) is 0 Å². The standard InChI is InChI=1S/C17H15Cl2F3N2O4S/c1-10(24(29(2,26)27)15-9-11(18)3-8-14(15)19)16(25)23-12-4-6-13(7-5-12)28-17(20,21)22/h3-10H,1-2H3,(H,23,25)/t10-/m1/s1. The molecular weight excluding hydrogens is 456 g/mol. The number of carbonyl (C=O) groups excluding carboxylic acids is 1. The van der Waals surface area contributed by atoms with Gasteiger partial charge in [-0.1, -0.05) is 23.2 Å². The number of nitrogens with zero attached hydrogens (tertiary/aromatic N) is 1. The molecule has 0 unspecified atom stereocenters. The molecule has 2 aromatic carbocycles. The van der Waals surface area contributed by atoms with Crippen molar-refractivity contribution in [3.63, 3.8) is 0 Å². The molecule has 1 atom stereocenters. The molecule has 2 aromatic rings. The lowest BCUT2D eigenvalue weighted by atomic mass is 10.2. The van der Waals surface area contributed by atoms with Crippen LogP contribution in [0.2, 0.25) is 10.0 Å². The van der Waals surface area contributed by atoms with Crippen LogP contribution in [0.5, 0.6) is 5.75 Å². The zero-order valence-electron chi connectivity index (χ0n) is 15.0. The molecule has 0 bridgehead atoms. The van der Waals surface area contributed by atoms with Crippen molar-refractivity contribution in [2.24, 2.45) is 0 Å². The second kappa shape index (κ2) is 8.68. The van der Waals surface area contributed by atoms with Crippen LogP contribution < -0.4 is 14.4 Å². The van der Waals surface area contributed by atoms with Gasteiger partial charge in [0.15, 0.2) is 0 Å². The quantitative estimate of drug-likeness (QED) is 0.664. The average Bonchev–Trinajstić information content (AvgIpc) is 2.57. The predicted octanol–water partition coefficient (Wildman–Crippen LogP) is 4.69. The number of ether oxygens (including phenoxy) is 1. The Kier molecular flexibility index (Phi) is 6.92. The third-order valence-corrected chi connectivity index (χ3v) is 5.37. The largest absolute Gasteiger partial charge is 0.573 e. The van der Waals surface area contributed by atoms with Crippen molar-refractivity contribution in [2.45, 2.75) is 19.3 Å². The van der Waals surface area contributed by atoms with E-state index in [1.54, 1.807) is 0 Å². The lowest BCUT2D eigenvalue weighted by Gasteiger charge is -2.29. The third kappa shape index (κ3) is 6.41. The minimum atomic E-state index is -4.84. The van der Waals surface area contributed by atoms with Crippen molar-refractivity contribution in [3.8, 4) is 5.75 Å². The first-order valence-electron chi connectivity index (χ1n) is 7.89. The van der Waals surface area contributed by atoms with E-state index in [9.17, 15) is 26.4 Å². The first-order valence-corrected chi connectivity index (χ1v) is 10.5. The van der Waals surface area contributed by atoms with E-state index in [0.717, 1.165) is 22.7 Å². The number of anilines is 2. The molecule has 0 aromatic heterocycles. The number of carbonyl (C=O) groups is 1. The summed E-state index contributed by atoms with van der Waals surface area (Å²) in [6.07, 6.45) is -3.94. The molecule has 0 radical (unpaired) electrons. The highest BCUT2D eigenvalue weighted by molar-refractivity contribution is 7.92. The molecule has 0 heterocycles. The molecule has 1 N–H and O–H groups in total. The van der Waals surface area contributed by atoms with Gasteiger partial charge in [0.1, 0.15) is 11.8 Å². The van der Waals surface area contributed by atoms with Crippen molar-refractivity contribution in [2.75, 3.05) is 15.9 Å². The maximum atomic E-state index is 12.6. The molecule has 0 saturated heterocycles. The van der Waals surface area contributed by atoms with Gasteiger partial charge in [0.2, 0.25) is 15.9 Å². The summed E-state index contributed by atoms with van der Waals surface area (Å²) in [5.74, 6) is -1.21. The van der Waals surface area contributed by atoms with Gasteiger partial charge >= 0.3 is 6.36 Å². The molecule has 0 saturated carbocycles. The monoisotopic (exact) mass is 470 g/mol. The topological polar surface area (TPSA) is 75.7 Å². The number of benzene rings is 2. The number of hydrogen-bond donors (Lipinski definition) is 1. The van der Waals surface area contributed by atoms with Crippen LogP contribution in [-0.4, -0.2) is 33.0 Å². The van der Waals surface area contributed by atoms with E-state index in [1.807, 2.05) is 0 Å². The van der Waals surface area contributed by atoms with Gasteiger partial charge in [-0.05, 0) is 49.4 Å². The molecular formula is C17H15Cl2F3N2O4S. The van der Waals surface area contributed by atoms with E-state index >= 15 is 0 Å². The fourth-order valence-electron chi connectivity index (χ4n) is 2.42. The van der Waals surface area contributed by atoms with Crippen LogP contribution >= 0.6 is 23.2 Å². The molecule has 0 aliphatic carbocycles. The van der Waals surface area contributed by atoms with Gasteiger partial charge in [0.05, 0.1) is 17.0 Å². The van der Waals surface area contributed by atoms with Crippen LogP contribution in [0, 0.1) is 0 Å². The highest BCUT2D eigenvalue weighted by Crippen LogP contribution is 2.32. The smallest absolute Gasteiger partial charge is 0.406 e. The number of hydrogen-bond acceptors (Lipinski definition) is 4. The molecule has 0 fully saturated rings. The third-order valence-electron chi connectivity index (χ3n) is 3.59. The summed E-state index contributed by atoms with van der Waals surface area (Å²) in [5, 5.41) is 2.71.